The van der Waals surface area contributed by atoms with Gasteiger partial charge in [-0.2, -0.15) is 5.26 Å². The average molecular weight is 382 g/mol. The van der Waals surface area contributed by atoms with Crippen LogP contribution < -0.4 is 5.32 Å². The predicted octanol–water partition coefficient (Wildman–Crippen LogP) is 3.64. The molecule has 0 atom stereocenters. The number of thiophene rings is 1. The van der Waals surface area contributed by atoms with E-state index < -0.39 is 0 Å². The minimum atomic E-state index is -0.156. The Hall–Kier alpha value is -2.49. The Morgan fingerprint density at radius 1 is 1.22 bits per heavy atom. The molecule has 0 spiro atoms. The zero-order valence-corrected chi connectivity index (χ0v) is 16.3. The van der Waals surface area contributed by atoms with Gasteiger partial charge in [0.15, 0.2) is 5.78 Å². The van der Waals surface area contributed by atoms with Gasteiger partial charge in [0.25, 0.3) is 0 Å². The lowest BCUT2D eigenvalue weighted by Gasteiger charge is -2.15. The van der Waals surface area contributed by atoms with Crippen LogP contribution in [0.25, 0.3) is 0 Å². The molecule has 1 aromatic heterocycles. The number of fused-ring (bicyclic) bond motifs is 1. The Morgan fingerprint density at radius 2 is 1.96 bits per heavy atom. The molecule has 3 rings (SSSR count). The number of aryl methyl sites for hydroxylation is 1. The SMILES string of the molecule is CN(CCC#N)CC(=O)Nc1sc2c(c1C(=O)c1ccccc1)CCCC2. The summed E-state index contributed by atoms with van der Waals surface area (Å²) in [5.41, 5.74) is 2.41. The molecule has 6 heteroatoms. The second-order valence-corrected chi connectivity index (χ2v) is 7.91. The number of amides is 1. The first-order chi connectivity index (χ1) is 13.1. The smallest absolute Gasteiger partial charge is 0.239 e. The van der Waals surface area contributed by atoms with E-state index in [4.69, 9.17) is 5.26 Å². The van der Waals surface area contributed by atoms with Gasteiger partial charge in [0.2, 0.25) is 5.91 Å². The Morgan fingerprint density at radius 3 is 2.70 bits per heavy atom. The van der Waals surface area contributed by atoms with Crippen molar-refractivity contribution in [2.24, 2.45) is 0 Å². The van der Waals surface area contributed by atoms with Crippen LogP contribution >= 0.6 is 11.3 Å². The van der Waals surface area contributed by atoms with Crippen LogP contribution in [0.4, 0.5) is 5.00 Å². The molecule has 0 saturated heterocycles. The van der Waals surface area contributed by atoms with Crippen molar-refractivity contribution in [1.82, 2.24) is 4.90 Å². The maximum atomic E-state index is 13.2. The Bertz CT molecular complexity index is 868. The number of nitrogens with zero attached hydrogens (tertiary/aromatic N) is 2. The third-order valence-electron chi connectivity index (χ3n) is 4.71. The number of hydrogen-bond acceptors (Lipinski definition) is 5. The van der Waals surface area contributed by atoms with Crippen molar-refractivity contribution in [3.05, 3.63) is 51.9 Å². The van der Waals surface area contributed by atoms with Gasteiger partial charge in [-0.05, 0) is 38.3 Å². The number of ketones is 1. The van der Waals surface area contributed by atoms with E-state index in [9.17, 15) is 9.59 Å². The molecule has 0 aliphatic heterocycles. The van der Waals surface area contributed by atoms with Gasteiger partial charge in [0.05, 0.1) is 18.2 Å². The number of hydrogen-bond donors (Lipinski definition) is 1. The molecule has 1 aromatic carbocycles. The number of anilines is 1. The van der Waals surface area contributed by atoms with Gasteiger partial charge in [-0.1, -0.05) is 30.3 Å². The summed E-state index contributed by atoms with van der Waals surface area (Å²) in [6, 6.07) is 11.3. The van der Waals surface area contributed by atoms with Crippen molar-refractivity contribution >= 4 is 28.0 Å². The molecule has 0 bridgehead atoms. The summed E-state index contributed by atoms with van der Waals surface area (Å²) in [4.78, 5) is 28.7. The minimum absolute atomic E-state index is 0.0249. The highest BCUT2D eigenvalue weighted by atomic mass is 32.1. The Kier molecular flexibility index (Phi) is 6.38. The molecule has 0 fully saturated rings. The lowest BCUT2D eigenvalue weighted by molar-refractivity contribution is -0.117. The van der Waals surface area contributed by atoms with Gasteiger partial charge >= 0.3 is 0 Å². The topological polar surface area (TPSA) is 73.2 Å². The maximum Gasteiger partial charge on any atom is 0.239 e. The van der Waals surface area contributed by atoms with Crippen molar-refractivity contribution in [3.63, 3.8) is 0 Å². The quantitative estimate of drug-likeness (QED) is 0.743. The monoisotopic (exact) mass is 381 g/mol. The van der Waals surface area contributed by atoms with E-state index in [1.54, 1.807) is 0 Å². The maximum absolute atomic E-state index is 13.2. The molecule has 2 aromatic rings. The first-order valence-corrected chi connectivity index (χ1v) is 10.0. The molecule has 140 valence electrons. The third-order valence-corrected chi connectivity index (χ3v) is 5.91. The summed E-state index contributed by atoms with van der Waals surface area (Å²) in [5, 5.41) is 12.3. The molecule has 1 amide bonds. The van der Waals surface area contributed by atoms with E-state index in [2.05, 4.69) is 11.4 Å². The summed E-state index contributed by atoms with van der Waals surface area (Å²) in [6.07, 6.45) is 4.43. The van der Waals surface area contributed by atoms with Crippen molar-refractivity contribution < 1.29 is 9.59 Å². The van der Waals surface area contributed by atoms with E-state index >= 15 is 0 Å². The lowest BCUT2D eigenvalue weighted by Crippen LogP contribution is -2.31. The first-order valence-electron chi connectivity index (χ1n) is 9.19. The molecule has 1 heterocycles. The molecule has 5 nitrogen and oxygen atoms in total. The van der Waals surface area contributed by atoms with E-state index in [0.717, 1.165) is 31.2 Å². The number of nitriles is 1. The van der Waals surface area contributed by atoms with Crippen molar-refractivity contribution in [2.45, 2.75) is 32.1 Å². The zero-order chi connectivity index (χ0) is 19.2. The Balaban J connectivity index is 1.85. The van der Waals surface area contributed by atoms with Crippen LogP contribution in [0.2, 0.25) is 0 Å². The highest BCUT2D eigenvalue weighted by Gasteiger charge is 2.27. The summed E-state index contributed by atoms with van der Waals surface area (Å²) < 4.78 is 0. The molecule has 1 N–H and O–H groups in total. The summed E-state index contributed by atoms with van der Waals surface area (Å²) in [7, 11) is 1.81. The van der Waals surface area contributed by atoms with Gasteiger partial charge in [0.1, 0.15) is 5.00 Å². The summed E-state index contributed by atoms with van der Waals surface area (Å²) >= 11 is 1.53. The normalized spacial score (nSPS) is 13.1. The number of rotatable bonds is 7. The fraction of sp³-hybridized carbons (Fsp3) is 0.381. The van der Waals surface area contributed by atoms with Crippen LogP contribution in [0.5, 0.6) is 0 Å². The molecule has 27 heavy (non-hydrogen) atoms. The molecule has 1 aliphatic carbocycles. The summed E-state index contributed by atoms with van der Waals surface area (Å²) in [5.74, 6) is -0.181. The Labute approximate surface area is 163 Å². The highest BCUT2D eigenvalue weighted by molar-refractivity contribution is 7.17. The van der Waals surface area contributed by atoms with Crippen molar-refractivity contribution in [3.8, 4) is 6.07 Å². The molecular weight excluding hydrogens is 358 g/mol. The van der Waals surface area contributed by atoms with Crippen LogP contribution in [-0.2, 0) is 17.6 Å². The van der Waals surface area contributed by atoms with E-state index in [0.29, 0.717) is 29.1 Å². The van der Waals surface area contributed by atoms with Crippen molar-refractivity contribution in [2.75, 3.05) is 25.5 Å². The number of likely N-dealkylation sites (N-methyl/N-ethyl adjacent to an activating group) is 1. The fourth-order valence-electron chi connectivity index (χ4n) is 3.36. The van der Waals surface area contributed by atoms with E-state index in [1.807, 2.05) is 42.3 Å². The molecule has 0 unspecified atom stereocenters. The molecular formula is C21H23N3O2S. The lowest BCUT2D eigenvalue weighted by atomic mass is 9.92. The summed E-state index contributed by atoms with van der Waals surface area (Å²) in [6.45, 7) is 0.740. The fourth-order valence-corrected chi connectivity index (χ4v) is 4.66. The number of carbonyl (C=O) groups excluding carboxylic acids is 2. The van der Waals surface area contributed by atoms with Crippen LogP contribution in [0.1, 0.15) is 45.6 Å². The van der Waals surface area contributed by atoms with Crippen LogP contribution in [-0.4, -0.2) is 36.7 Å². The van der Waals surface area contributed by atoms with Gasteiger partial charge in [-0.3, -0.25) is 14.5 Å². The van der Waals surface area contributed by atoms with Gasteiger partial charge < -0.3 is 5.32 Å². The van der Waals surface area contributed by atoms with Gasteiger partial charge in [-0.15, -0.1) is 11.3 Å². The van der Waals surface area contributed by atoms with Crippen LogP contribution in [0.3, 0.4) is 0 Å². The third kappa shape index (κ3) is 4.62. The van der Waals surface area contributed by atoms with Gasteiger partial charge in [0, 0.05) is 23.4 Å². The number of carbonyl (C=O) groups is 2. The molecule has 1 aliphatic rings. The minimum Gasteiger partial charge on any atom is -0.316 e. The zero-order valence-electron chi connectivity index (χ0n) is 15.5. The largest absolute Gasteiger partial charge is 0.316 e. The van der Waals surface area contributed by atoms with E-state index in [-0.39, 0.29) is 18.2 Å². The number of nitrogens with one attached hydrogen (secondary N) is 1. The molecule has 0 radical (unpaired) electrons. The average Bonchev–Trinajstić information content (AvgIpc) is 3.04. The molecule has 0 saturated carbocycles. The second-order valence-electron chi connectivity index (χ2n) is 6.80. The van der Waals surface area contributed by atoms with Crippen LogP contribution in [0, 0.1) is 11.3 Å². The standard InChI is InChI=1S/C21H23N3O2S/c1-24(13-7-12-22)14-18(25)23-21-19(16-10-5-6-11-17(16)27-21)20(26)15-8-3-2-4-9-15/h2-4,8-9H,5-7,10-11,13-14H2,1H3,(H,23,25). The first kappa shape index (κ1) is 19.3. The number of benzene rings is 1. The predicted molar refractivity (Wildman–Crippen MR) is 107 cm³/mol. The highest BCUT2D eigenvalue weighted by Crippen LogP contribution is 2.39. The van der Waals surface area contributed by atoms with Crippen LogP contribution in [0.15, 0.2) is 30.3 Å². The van der Waals surface area contributed by atoms with Gasteiger partial charge in [-0.25, -0.2) is 0 Å². The van der Waals surface area contributed by atoms with E-state index in [1.165, 1.54) is 16.2 Å². The van der Waals surface area contributed by atoms with Crippen molar-refractivity contribution in [1.29, 1.82) is 5.26 Å². The second kappa shape index (κ2) is 8.94.